The molecule has 4 rings (SSSR count). The number of amidine groups is 1. The van der Waals surface area contributed by atoms with E-state index in [4.69, 9.17) is 16.6 Å². The van der Waals surface area contributed by atoms with E-state index in [1.54, 1.807) is 0 Å². The molecule has 29 heavy (non-hydrogen) atoms. The van der Waals surface area contributed by atoms with Crippen molar-refractivity contribution >= 4 is 23.3 Å². The minimum atomic E-state index is 0.100. The van der Waals surface area contributed by atoms with E-state index in [1.165, 1.54) is 0 Å². The van der Waals surface area contributed by atoms with Gasteiger partial charge in [0.05, 0.1) is 0 Å². The van der Waals surface area contributed by atoms with Crippen LogP contribution in [0.2, 0.25) is 5.02 Å². The molecule has 2 heterocycles. The van der Waals surface area contributed by atoms with Crippen LogP contribution in [0.25, 0.3) is 0 Å². The molecule has 3 N–H and O–H groups in total. The highest BCUT2D eigenvalue weighted by Gasteiger charge is 2.54. The van der Waals surface area contributed by atoms with Gasteiger partial charge in [0.1, 0.15) is 12.0 Å². The summed E-state index contributed by atoms with van der Waals surface area (Å²) in [7, 11) is 2.03. The van der Waals surface area contributed by atoms with Gasteiger partial charge in [-0.1, -0.05) is 18.5 Å². The molecule has 158 valence electrons. The Balaban J connectivity index is 1.20. The number of likely N-dealkylation sites (tertiary alicyclic amines) is 1. The van der Waals surface area contributed by atoms with Crippen molar-refractivity contribution in [1.29, 1.82) is 0 Å². The minimum absolute atomic E-state index is 0.100. The number of carbonyl (C=O) groups excluding carboxylic acids is 1. The number of benzene rings is 1. The Hall–Kier alpha value is -1.67. The van der Waals surface area contributed by atoms with Crippen molar-refractivity contribution in [3.63, 3.8) is 0 Å². The van der Waals surface area contributed by atoms with E-state index in [1.807, 2.05) is 31.3 Å². The predicted molar refractivity (Wildman–Crippen MR) is 116 cm³/mol. The normalized spacial score (nSPS) is 24.0. The number of hydrazine groups is 1. The van der Waals surface area contributed by atoms with Crippen LogP contribution in [-0.2, 0) is 4.79 Å². The summed E-state index contributed by atoms with van der Waals surface area (Å²) >= 11 is 5.98. The van der Waals surface area contributed by atoms with Crippen LogP contribution >= 0.6 is 11.6 Å². The third-order valence-corrected chi connectivity index (χ3v) is 6.50. The first kappa shape index (κ1) is 20.6. The van der Waals surface area contributed by atoms with Crippen molar-refractivity contribution in [2.75, 3.05) is 46.3 Å². The number of hydrogen-bond donors (Lipinski definition) is 3. The van der Waals surface area contributed by atoms with Crippen LogP contribution in [0.4, 0.5) is 0 Å². The zero-order chi connectivity index (χ0) is 20.4. The maximum Gasteiger partial charge on any atom is 0.223 e. The standard InChI is InChI=1S/C21H31ClN6O/c1-3-23-8-9-24-20(29)16-10-21(11-16)13-28(14-21)12-18-25-19(26-27(18)2)15-4-6-17(22)7-5-15/h4-7,16,18,23H,3,8-14H2,1-2H3,(H,24,29)(H,25,26). The molecular weight excluding hydrogens is 388 g/mol. The number of aliphatic imine (C=N–C) groups is 1. The lowest BCUT2D eigenvalue weighted by Gasteiger charge is -2.59. The van der Waals surface area contributed by atoms with Crippen molar-refractivity contribution in [2.45, 2.75) is 25.9 Å². The van der Waals surface area contributed by atoms with E-state index in [0.717, 1.165) is 68.5 Å². The molecule has 3 aliphatic rings. The smallest absolute Gasteiger partial charge is 0.223 e. The summed E-state index contributed by atoms with van der Waals surface area (Å²) in [4.78, 5) is 19.5. The van der Waals surface area contributed by atoms with Crippen molar-refractivity contribution in [3.8, 4) is 0 Å². The van der Waals surface area contributed by atoms with Crippen LogP contribution in [0.15, 0.2) is 29.3 Å². The van der Waals surface area contributed by atoms with Gasteiger partial charge in [-0.25, -0.2) is 4.99 Å². The van der Waals surface area contributed by atoms with Crippen LogP contribution < -0.4 is 16.1 Å². The summed E-state index contributed by atoms with van der Waals surface area (Å²) in [5, 5.41) is 9.07. The molecule has 1 atom stereocenters. The first-order valence-electron chi connectivity index (χ1n) is 10.5. The first-order valence-corrected chi connectivity index (χ1v) is 10.9. The van der Waals surface area contributed by atoms with Crippen LogP contribution in [0.3, 0.4) is 0 Å². The largest absolute Gasteiger partial charge is 0.355 e. The average molecular weight is 419 g/mol. The molecule has 2 aliphatic heterocycles. The molecule has 1 aliphatic carbocycles. The van der Waals surface area contributed by atoms with Crippen molar-refractivity contribution < 1.29 is 4.79 Å². The molecule has 0 radical (unpaired) electrons. The minimum Gasteiger partial charge on any atom is -0.355 e. The number of carbonyl (C=O) groups is 1. The molecule has 8 heteroatoms. The van der Waals surface area contributed by atoms with Crippen LogP contribution in [0.1, 0.15) is 25.3 Å². The van der Waals surface area contributed by atoms with Gasteiger partial charge >= 0.3 is 0 Å². The van der Waals surface area contributed by atoms with E-state index in [2.05, 4.69) is 32.9 Å². The molecule has 0 aromatic heterocycles. The monoisotopic (exact) mass is 418 g/mol. The zero-order valence-corrected chi connectivity index (χ0v) is 18.0. The lowest BCUT2D eigenvalue weighted by molar-refractivity contribution is -0.145. The van der Waals surface area contributed by atoms with Gasteiger partial charge in [0.25, 0.3) is 0 Å². The van der Waals surface area contributed by atoms with Gasteiger partial charge in [-0.05, 0) is 49.1 Å². The molecule has 1 aromatic carbocycles. The number of rotatable bonds is 8. The van der Waals surface area contributed by atoms with Gasteiger partial charge in [0.15, 0.2) is 0 Å². The summed E-state index contributed by atoms with van der Waals surface area (Å²) in [6.07, 6.45) is 2.15. The second-order valence-corrected chi connectivity index (χ2v) is 9.04. The van der Waals surface area contributed by atoms with Crippen LogP contribution in [0.5, 0.6) is 0 Å². The fraction of sp³-hybridized carbons (Fsp3) is 0.619. The highest BCUT2D eigenvalue weighted by atomic mass is 35.5. The molecule has 1 unspecified atom stereocenters. The lowest BCUT2D eigenvalue weighted by Crippen LogP contribution is -2.65. The van der Waals surface area contributed by atoms with Gasteiger partial charge in [-0.2, -0.15) is 5.01 Å². The molecule has 1 spiro atoms. The van der Waals surface area contributed by atoms with E-state index in [9.17, 15) is 4.79 Å². The Kier molecular flexibility index (Phi) is 6.11. The molecule has 1 saturated heterocycles. The van der Waals surface area contributed by atoms with Gasteiger partial charge in [-0.15, -0.1) is 0 Å². The first-order chi connectivity index (χ1) is 14.0. The number of nitrogens with zero attached hydrogens (tertiary/aromatic N) is 3. The second kappa shape index (κ2) is 8.60. The third-order valence-electron chi connectivity index (χ3n) is 6.25. The molecule has 1 aromatic rings. The lowest BCUT2D eigenvalue weighted by atomic mass is 9.57. The summed E-state index contributed by atoms with van der Waals surface area (Å²) in [6.45, 7) is 7.63. The second-order valence-electron chi connectivity index (χ2n) is 8.61. The van der Waals surface area contributed by atoms with Crippen molar-refractivity contribution in [1.82, 2.24) is 26.0 Å². The van der Waals surface area contributed by atoms with Gasteiger partial charge in [0, 0.05) is 56.3 Å². The zero-order valence-electron chi connectivity index (χ0n) is 17.2. The molecular formula is C21H31ClN6O. The van der Waals surface area contributed by atoms with E-state index in [-0.39, 0.29) is 18.0 Å². The highest BCUT2D eigenvalue weighted by molar-refractivity contribution is 6.30. The highest BCUT2D eigenvalue weighted by Crippen LogP contribution is 2.51. The Morgan fingerprint density at radius 3 is 2.69 bits per heavy atom. The SMILES string of the molecule is CCNCCNC(=O)C1CC2(C1)CN(CC1N=C(c3ccc(Cl)cc3)NN1C)C2. The van der Waals surface area contributed by atoms with Gasteiger partial charge in [0.2, 0.25) is 5.91 Å². The van der Waals surface area contributed by atoms with Gasteiger partial charge in [-0.3, -0.25) is 9.69 Å². The number of halogens is 1. The third kappa shape index (κ3) is 4.58. The van der Waals surface area contributed by atoms with E-state index < -0.39 is 0 Å². The molecule has 1 saturated carbocycles. The fourth-order valence-corrected chi connectivity index (χ4v) is 4.83. The summed E-state index contributed by atoms with van der Waals surface area (Å²) in [5.41, 5.74) is 4.75. The molecule has 7 nitrogen and oxygen atoms in total. The maximum atomic E-state index is 12.2. The van der Waals surface area contributed by atoms with Gasteiger partial charge < -0.3 is 16.1 Å². The average Bonchev–Trinajstić information content (AvgIpc) is 3.00. The Bertz CT molecular complexity index is 753. The van der Waals surface area contributed by atoms with Crippen molar-refractivity contribution in [2.24, 2.45) is 16.3 Å². The summed E-state index contributed by atoms with van der Waals surface area (Å²) < 4.78 is 0. The Morgan fingerprint density at radius 1 is 1.28 bits per heavy atom. The Labute approximate surface area is 177 Å². The molecule has 0 bridgehead atoms. The maximum absolute atomic E-state index is 12.2. The van der Waals surface area contributed by atoms with Crippen molar-refractivity contribution in [3.05, 3.63) is 34.9 Å². The number of hydrogen-bond acceptors (Lipinski definition) is 6. The fourth-order valence-electron chi connectivity index (χ4n) is 4.70. The predicted octanol–water partition coefficient (Wildman–Crippen LogP) is 1.30. The Morgan fingerprint density at radius 2 is 2.00 bits per heavy atom. The number of amides is 1. The number of nitrogens with one attached hydrogen (secondary N) is 3. The van der Waals surface area contributed by atoms with E-state index in [0.29, 0.717) is 5.41 Å². The summed E-state index contributed by atoms with van der Waals surface area (Å²) in [5.74, 6) is 1.32. The van der Waals surface area contributed by atoms with Crippen LogP contribution in [-0.4, -0.2) is 74.1 Å². The quantitative estimate of drug-likeness (QED) is 0.555. The van der Waals surface area contributed by atoms with E-state index >= 15 is 0 Å². The molecule has 1 amide bonds. The molecule has 2 fully saturated rings. The summed E-state index contributed by atoms with van der Waals surface area (Å²) in [6, 6.07) is 7.75. The van der Waals surface area contributed by atoms with Crippen LogP contribution in [0, 0.1) is 11.3 Å². The number of likely N-dealkylation sites (N-methyl/N-ethyl adjacent to an activating group) is 2. The topological polar surface area (TPSA) is 72.0 Å².